The van der Waals surface area contributed by atoms with E-state index in [0.29, 0.717) is 31.3 Å². The lowest BCUT2D eigenvalue weighted by atomic mass is 10.1. The number of hydrogen-bond donors (Lipinski definition) is 1. The van der Waals surface area contributed by atoms with Crippen LogP contribution in [0.15, 0.2) is 35.1 Å². The quantitative estimate of drug-likeness (QED) is 0.877. The summed E-state index contributed by atoms with van der Waals surface area (Å²) in [5, 5.41) is 7.16. The van der Waals surface area contributed by atoms with Crippen LogP contribution in [0.1, 0.15) is 20.3 Å². The Labute approximate surface area is 129 Å². The molecular formula is C16H22N4O2. The van der Waals surface area contributed by atoms with Gasteiger partial charge in [-0.3, -0.25) is 9.36 Å². The fraction of sp³-hybridized carbons (Fsp3) is 0.438. The number of amides is 1. The van der Waals surface area contributed by atoms with Crippen molar-refractivity contribution in [3.63, 3.8) is 0 Å². The van der Waals surface area contributed by atoms with Crippen molar-refractivity contribution in [2.45, 2.75) is 26.8 Å². The van der Waals surface area contributed by atoms with Crippen molar-refractivity contribution in [3.8, 4) is 11.4 Å². The van der Waals surface area contributed by atoms with Gasteiger partial charge in [0.2, 0.25) is 5.91 Å². The predicted molar refractivity (Wildman–Crippen MR) is 85.4 cm³/mol. The van der Waals surface area contributed by atoms with Gasteiger partial charge in [0.15, 0.2) is 5.82 Å². The minimum absolute atomic E-state index is 0.00210. The zero-order valence-electron chi connectivity index (χ0n) is 13.2. The maximum Gasteiger partial charge on any atom is 0.345 e. The molecule has 0 bridgehead atoms. The summed E-state index contributed by atoms with van der Waals surface area (Å²) in [6.45, 7) is 4.75. The van der Waals surface area contributed by atoms with Crippen molar-refractivity contribution in [1.82, 2.24) is 19.7 Å². The number of aromatic nitrogens is 3. The van der Waals surface area contributed by atoms with E-state index in [9.17, 15) is 9.59 Å². The Morgan fingerprint density at radius 2 is 1.95 bits per heavy atom. The Kier molecular flexibility index (Phi) is 5.14. The maximum atomic E-state index is 12.2. The van der Waals surface area contributed by atoms with Gasteiger partial charge in [0.25, 0.3) is 0 Å². The second-order valence-corrected chi connectivity index (χ2v) is 5.70. The molecule has 0 aliphatic carbocycles. The molecule has 0 radical (unpaired) electrons. The Morgan fingerprint density at radius 1 is 1.27 bits per heavy atom. The van der Waals surface area contributed by atoms with E-state index in [0.717, 1.165) is 5.56 Å². The van der Waals surface area contributed by atoms with Crippen LogP contribution in [0.25, 0.3) is 11.4 Å². The van der Waals surface area contributed by atoms with Crippen LogP contribution in [0, 0.1) is 5.92 Å². The minimum atomic E-state index is -0.183. The summed E-state index contributed by atoms with van der Waals surface area (Å²) in [6.07, 6.45) is 0.492. The SMILES string of the molecule is CC(C)CC(=O)NCCn1nc(-c2ccccc2)n(C)c1=O. The smallest absolute Gasteiger partial charge is 0.345 e. The van der Waals surface area contributed by atoms with Gasteiger partial charge in [0.05, 0.1) is 6.54 Å². The van der Waals surface area contributed by atoms with Gasteiger partial charge in [-0.05, 0) is 5.92 Å². The monoisotopic (exact) mass is 302 g/mol. The molecule has 22 heavy (non-hydrogen) atoms. The van der Waals surface area contributed by atoms with Crippen LogP contribution >= 0.6 is 0 Å². The molecule has 1 aromatic carbocycles. The van der Waals surface area contributed by atoms with Crippen molar-refractivity contribution in [2.75, 3.05) is 6.54 Å². The number of nitrogens with one attached hydrogen (secondary N) is 1. The van der Waals surface area contributed by atoms with Crippen LogP contribution in [-0.4, -0.2) is 26.8 Å². The summed E-state index contributed by atoms with van der Waals surface area (Å²) in [5.74, 6) is 0.948. The van der Waals surface area contributed by atoms with Gasteiger partial charge in [-0.15, -0.1) is 5.10 Å². The first-order valence-corrected chi connectivity index (χ1v) is 7.45. The fourth-order valence-corrected chi connectivity index (χ4v) is 2.22. The summed E-state index contributed by atoms with van der Waals surface area (Å²) >= 11 is 0. The molecule has 1 aromatic heterocycles. The lowest BCUT2D eigenvalue weighted by Gasteiger charge is -2.06. The van der Waals surface area contributed by atoms with E-state index in [-0.39, 0.29) is 11.6 Å². The Hall–Kier alpha value is -2.37. The van der Waals surface area contributed by atoms with Crippen molar-refractivity contribution < 1.29 is 4.79 Å². The van der Waals surface area contributed by atoms with Crippen molar-refractivity contribution >= 4 is 5.91 Å². The number of carbonyl (C=O) groups is 1. The van der Waals surface area contributed by atoms with E-state index < -0.39 is 0 Å². The van der Waals surface area contributed by atoms with E-state index in [1.54, 1.807) is 7.05 Å². The molecule has 1 heterocycles. The standard InChI is InChI=1S/C16H22N4O2/c1-12(2)11-14(21)17-9-10-20-16(22)19(3)15(18-20)13-7-5-4-6-8-13/h4-8,12H,9-11H2,1-3H3,(H,17,21). The van der Waals surface area contributed by atoms with E-state index in [1.165, 1.54) is 9.25 Å². The zero-order chi connectivity index (χ0) is 16.1. The highest BCUT2D eigenvalue weighted by molar-refractivity contribution is 5.75. The third-order valence-electron chi connectivity index (χ3n) is 3.31. The molecule has 2 aromatic rings. The average Bonchev–Trinajstić information content (AvgIpc) is 2.76. The summed E-state index contributed by atoms with van der Waals surface area (Å²) in [5.41, 5.74) is 0.710. The van der Waals surface area contributed by atoms with Crippen LogP contribution in [-0.2, 0) is 18.4 Å². The molecule has 1 amide bonds. The summed E-state index contributed by atoms with van der Waals surface area (Å²) in [7, 11) is 1.70. The minimum Gasteiger partial charge on any atom is -0.354 e. The van der Waals surface area contributed by atoms with Crippen LogP contribution in [0.2, 0.25) is 0 Å². The molecule has 2 rings (SSSR count). The van der Waals surface area contributed by atoms with Crippen LogP contribution in [0.3, 0.4) is 0 Å². The first-order valence-electron chi connectivity index (χ1n) is 7.45. The van der Waals surface area contributed by atoms with Gasteiger partial charge >= 0.3 is 5.69 Å². The lowest BCUT2D eigenvalue weighted by Crippen LogP contribution is -2.32. The molecule has 6 nitrogen and oxygen atoms in total. The predicted octanol–water partition coefficient (Wildman–Crippen LogP) is 1.41. The second kappa shape index (κ2) is 7.06. The molecule has 0 aliphatic rings. The summed E-state index contributed by atoms with van der Waals surface area (Å²) < 4.78 is 2.91. The van der Waals surface area contributed by atoms with Gasteiger partial charge in [-0.1, -0.05) is 44.2 Å². The number of hydrogen-bond acceptors (Lipinski definition) is 3. The third-order valence-corrected chi connectivity index (χ3v) is 3.31. The molecule has 0 saturated carbocycles. The molecule has 0 fully saturated rings. The van der Waals surface area contributed by atoms with Crippen molar-refractivity contribution in [1.29, 1.82) is 0 Å². The van der Waals surface area contributed by atoms with Crippen LogP contribution < -0.4 is 11.0 Å². The highest BCUT2D eigenvalue weighted by atomic mass is 16.2. The molecule has 1 N–H and O–H groups in total. The van der Waals surface area contributed by atoms with Gasteiger partial charge in [-0.25, -0.2) is 9.48 Å². The van der Waals surface area contributed by atoms with Crippen LogP contribution in [0.4, 0.5) is 0 Å². The maximum absolute atomic E-state index is 12.2. The molecule has 0 spiro atoms. The number of rotatable bonds is 6. The Morgan fingerprint density at radius 3 is 2.59 bits per heavy atom. The highest BCUT2D eigenvalue weighted by Gasteiger charge is 2.12. The second-order valence-electron chi connectivity index (χ2n) is 5.70. The molecule has 0 aliphatic heterocycles. The zero-order valence-corrected chi connectivity index (χ0v) is 13.2. The lowest BCUT2D eigenvalue weighted by molar-refractivity contribution is -0.121. The normalized spacial score (nSPS) is 10.9. The van der Waals surface area contributed by atoms with Crippen molar-refractivity contribution in [3.05, 3.63) is 40.8 Å². The summed E-state index contributed by atoms with van der Waals surface area (Å²) in [6, 6.07) is 9.56. The topological polar surface area (TPSA) is 68.9 Å². The van der Waals surface area contributed by atoms with E-state index >= 15 is 0 Å². The third kappa shape index (κ3) is 3.84. The molecule has 0 saturated heterocycles. The molecular weight excluding hydrogens is 280 g/mol. The van der Waals surface area contributed by atoms with Gasteiger partial charge in [-0.2, -0.15) is 0 Å². The molecule has 118 valence electrons. The molecule has 0 atom stereocenters. The molecule has 6 heteroatoms. The van der Waals surface area contributed by atoms with Gasteiger partial charge in [0.1, 0.15) is 0 Å². The fourth-order valence-electron chi connectivity index (χ4n) is 2.22. The first kappa shape index (κ1) is 16.0. The van der Waals surface area contributed by atoms with E-state index in [1.807, 2.05) is 44.2 Å². The largest absolute Gasteiger partial charge is 0.354 e. The first-order chi connectivity index (χ1) is 10.5. The number of carbonyl (C=O) groups excluding carboxylic acids is 1. The average molecular weight is 302 g/mol. The van der Waals surface area contributed by atoms with Gasteiger partial charge in [0, 0.05) is 25.6 Å². The van der Waals surface area contributed by atoms with E-state index in [4.69, 9.17) is 0 Å². The summed E-state index contributed by atoms with van der Waals surface area (Å²) in [4.78, 5) is 23.8. The van der Waals surface area contributed by atoms with Crippen molar-refractivity contribution in [2.24, 2.45) is 13.0 Å². The number of nitrogens with zero attached hydrogens (tertiary/aromatic N) is 3. The van der Waals surface area contributed by atoms with Crippen LogP contribution in [0.5, 0.6) is 0 Å². The Balaban J connectivity index is 2.04. The molecule has 0 unspecified atom stereocenters. The number of benzene rings is 1. The van der Waals surface area contributed by atoms with E-state index in [2.05, 4.69) is 10.4 Å². The Bertz CT molecular complexity index is 686. The van der Waals surface area contributed by atoms with Gasteiger partial charge < -0.3 is 5.32 Å². The highest BCUT2D eigenvalue weighted by Crippen LogP contribution is 2.13.